The lowest BCUT2D eigenvalue weighted by Gasteiger charge is -2.26. The maximum Gasteiger partial charge on any atom is 0.264 e. The molecule has 1 aromatic rings. The van der Waals surface area contributed by atoms with Crippen molar-refractivity contribution in [3.05, 3.63) is 40.4 Å². The fourth-order valence-corrected chi connectivity index (χ4v) is 5.74. The Labute approximate surface area is 214 Å². The molecule has 0 aliphatic carbocycles. The lowest BCUT2D eigenvalue weighted by Crippen LogP contribution is -2.33. The van der Waals surface area contributed by atoms with Crippen molar-refractivity contribution in [1.82, 2.24) is 15.1 Å². The van der Waals surface area contributed by atoms with Crippen LogP contribution in [0.4, 0.5) is 5.69 Å². The third-order valence-corrected chi connectivity index (χ3v) is 8.03. The molecule has 3 rings (SSSR count). The van der Waals surface area contributed by atoms with Gasteiger partial charge in [0.15, 0.2) is 0 Å². The van der Waals surface area contributed by atoms with Crippen molar-refractivity contribution >= 4 is 41.0 Å². The molecule has 0 bridgehead atoms. The number of nitrogens with one attached hydrogen (secondary N) is 2. The Bertz CT molecular complexity index is 918. The van der Waals surface area contributed by atoms with Crippen LogP contribution in [-0.4, -0.2) is 78.1 Å². The summed E-state index contributed by atoms with van der Waals surface area (Å²) in [4.78, 5) is 29.5. The van der Waals surface area contributed by atoms with Crippen LogP contribution in [-0.2, 0) is 16.0 Å². The number of hydrogen-bond acceptors (Lipinski definition) is 7. The number of piperidine rings is 1. The van der Waals surface area contributed by atoms with Gasteiger partial charge in [-0.15, -0.1) is 0 Å². The van der Waals surface area contributed by atoms with Crippen molar-refractivity contribution in [3.8, 4) is 6.07 Å². The first-order chi connectivity index (χ1) is 16.6. The number of nitrogens with zero attached hydrogens (tertiary/aromatic N) is 3. The Morgan fingerprint density at radius 1 is 1.26 bits per heavy atom. The zero-order valence-electron chi connectivity index (χ0n) is 20.1. The summed E-state index contributed by atoms with van der Waals surface area (Å²) < 4.78 is 0. The van der Waals surface area contributed by atoms with Gasteiger partial charge in [0.1, 0.15) is 21.9 Å². The standard InChI is InChI=1S/C25H35N5O2S2.2H2/c1-3-30-24(32)22(34-25(30)21(17-26)23(31)27-12-16-33-2)18-28-20-9-7-19(8-10-20)11-15-29-13-5-4-6-14-29;;/h7-10,22,28H,3-6,11-16,18H2,1-2H3,(H,27,31);2*1H/b25-21-;;. The number of nitriles is 1. The van der Waals surface area contributed by atoms with Crippen LogP contribution in [0.1, 0.15) is 34.6 Å². The van der Waals surface area contributed by atoms with Gasteiger partial charge in [0, 0.05) is 40.5 Å². The van der Waals surface area contributed by atoms with E-state index in [0.717, 1.165) is 24.4 Å². The Hall–Kier alpha value is -2.15. The molecule has 2 fully saturated rings. The van der Waals surface area contributed by atoms with Crippen molar-refractivity contribution in [1.29, 1.82) is 5.26 Å². The average Bonchev–Trinajstić information content (AvgIpc) is 3.18. The number of thioether (sulfide) groups is 2. The van der Waals surface area contributed by atoms with E-state index >= 15 is 0 Å². The van der Waals surface area contributed by atoms with Gasteiger partial charge >= 0.3 is 0 Å². The Kier molecular flexibility index (Phi) is 10.6. The number of likely N-dealkylation sites (tertiary alicyclic amines) is 1. The number of hydrogen-bond donors (Lipinski definition) is 2. The summed E-state index contributed by atoms with van der Waals surface area (Å²) in [7, 11) is 0. The van der Waals surface area contributed by atoms with E-state index < -0.39 is 5.91 Å². The molecule has 1 unspecified atom stereocenters. The highest BCUT2D eigenvalue weighted by atomic mass is 32.2. The second kappa shape index (κ2) is 13.7. The number of anilines is 1. The summed E-state index contributed by atoms with van der Waals surface area (Å²) in [6.07, 6.45) is 6.99. The summed E-state index contributed by atoms with van der Waals surface area (Å²) in [6, 6.07) is 10.4. The van der Waals surface area contributed by atoms with Crippen LogP contribution >= 0.6 is 23.5 Å². The molecule has 7 nitrogen and oxygen atoms in total. The normalized spacial score (nSPS) is 20.2. The lowest BCUT2D eigenvalue weighted by atomic mass is 10.1. The number of rotatable bonds is 11. The number of amides is 2. The van der Waals surface area contributed by atoms with Crippen molar-refractivity contribution in [3.63, 3.8) is 0 Å². The molecule has 0 saturated carbocycles. The third kappa shape index (κ3) is 7.17. The summed E-state index contributed by atoms with van der Waals surface area (Å²) in [5.41, 5.74) is 2.30. The summed E-state index contributed by atoms with van der Waals surface area (Å²) >= 11 is 2.92. The van der Waals surface area contributed by atoms with Gasteiger partial charge < -0.3 is 20.4 Å². The predicted molar refractivity (Wildman–Crippen MR) is 146 cm³/mol. The summed E-state index contributed by atoms with van der Waals surface area (Å²) in [6.45, 7) is 6.74. The smallest absolute Gasteiger partial charge is 0.264 e. The van der Waals surface area contributed by atoms with E-state index in [1.165, 1.54) is 49.7 Å². The molecule has 188 valence electrons. The van der Waals surface area contributed by atoms with Gasteiger partial charge in [-0.1, -0.05) is 30.3 Å². The maximum absolute atomic E-state index is 12.9. The van der Waals surface area contributed by atoms with Gasteiger partial charge in [-0.2, -0.15) is 17.0 Å². The van der Waals surface area contributed by atoms with Gasteiger partial charge in [-0.3, -0.25) is 9.59 Å². The molecule has 2 saturated heterocycles. The van der Waals surface area contributed by atoms with E-state index in [2.05, 4.69) is 39.8 Å². The Morgan fingerprint density at radius 2 is 2.00 bits per heavy atom. The molecule has 2 N–H and O–H groups in total. The number of carbonyl (C=O) groups excluding carboxylic acids is 2. The molecule has 2 aliphatic rings. The molecule has 34 heavy (non-hydrogen) atoms. The molecule has 0 radical (unpaired) electrons. The van der Waals surface area contributed by atoms with E-state index in [4.69, 9.17) is 0 Å². The molecule has 0 aromatic heterocycles. The third-order valence-electron chi connectivity index (χ3n) is 6.11. The fraction of sp³-hybridized carbons (Fsp3) is 0.560. The van der Waals surface area contributed by atoms with Crippen LogP contribution in [0.2, 0.25) is 0 Å². The first-order valence-corrected chi connectivity index (χ1v) is 14.3. The zero-order chi connectivity index (χ0) is 24.3. The SMILES string of the molecule is CCN1C(=O)C(CNc2ccc(CCN3CCCCC3)cc2)S/C1=C(/C#N)C(=O)NCCSC.[HH].[HH]. The van der Waals surface area contributed by atoms with Gasteiger partial charge in [-0.05, 0) is 63.2 Å². The van der Waals surface area contributed by atoms with E-state index in [-0.39, 0.29) is 19.6 Å². The van der Waals surface area contributed by atoms with Gasteiger partial charge in [0.05, 0.1) is 0 Å². The van der Waals surface area contributed by atoms with Crippen molar-refractivity contribution in [2.75, 3.05) is 56.6 Å². The minimum Gasteiger partial charge on any atom is -0.383 e. The second-order valence-corrected chi connectivity index (χ2v) is 10.6. The maximum atomic E-state index is 12.9. The van der Waals surface area contributed by atoms with Gasteiger partial charge in [-0.25, -0.2) is 0 Å². The van der Waals surface area contributed by atoms with E-state index in [1.807, 2.05) is 19.2 Å². The molecule has 2 amide bonds. The highest BCUT2D eigenvalue weighted by Gasteiger charge is 2.38. The van der Waals surface area contributed by atoms with Gasteiger partial charge in [0.25, 0.3) is 5.91 Å². The van der Waals surface area contributed by atoms with Crippen LogP contribution in [0.15, 0.2) is 34.9 Å². The lowest BCUT2D eigenvalue weighted by molar-refractivity contribution is -0.127. The molecular weight excluding hydrogens is 466 g/mol. The monoisotopic (exact) mass is 505 g/mol. The first-order valence-electron chi connectivity index (χ1n) is 12.0. The molecule has 1 aromatic carbocycles. The summed E-state index contributed by atoms with van der Waals surface area (Å²) in [5, 5.41) is 15.8. The largest absolute Gasteiger partial charge is 0.383 e. The molecule has 2 heterocycles. The Morgan fingerprint density at radius 3 is 2.65 bits per heavy atom. The van der Waals surface area contributed by atoms with Crippen LogP contribution in [0.3, 0.4) is 0 Å². The molecular formula is C25H39N5O2S2. The second-order valence-electron chi connectivity index (χ2n) is 8.46. The molecule has 9 heteroatoms. The van der Waals surface area contributed by atoms with Crippen LogP contribution < -0.4 is 10.6 Å². The average molecular weight is 506 g/mol. The van der Waals surface area contributed by atoms with Crippen LogP contribution in [0.5, 0.6) is 0 Å². The van der Waals surface area contributed by atoms with E-state index in [9.17, 15) is 14.9 Å². The fourth-order valence-electron chi connectivity index (χ4n) is 4.17. The highest BCUT2D eigenvalue weighted by molar-refractivity contribution is 8.04. The van der Waals surface area contributed by atoms with Crippen molar-refractivity contribution in [2.24, 2.45) is 0 Å². The Balaban J connectivity index is 0.00000324. The predicted octanol–water partition coefficient (Wildman–Crippen LogP) is 3.80. The molecule has 0 spiro atoms. The molecule has 2 aliphatic heterocycles. The zero-order valence-corrected chi connectivity index (χ0v) is 21.8. The topological polar surface area (TPSA) is 88.5 Å². The minimum absolute atomic E-state index is 0. The highest BCUT2D eigenvalue weighted by Crippen LogP contribution is 2.37. The van der Waals surface area contributed by atoms with E-state index in [0.29, 0.717) is 24.7 Å². The minimum atomic E-state index is -0.418. The quantitative estimate of drug-likeness (QED) is 0.269. The number of carbonyl (C=O) groups is 2. The summed E-state index contributed by atoms with van der Waals surface area (Å²) in [5.74, 6) is 0.282. The first kappa shape index (κ1) is 26.5. The molecule has 1 atom stereocenters. The van der Waals surface area contributed by atoms with Crippen molar-refractivity contribution < 1.29 is 12.4 Å². The van der Waals surface area contributed by atoms with E-state index in [1.54, 1.807) is 16.7 Å². The van der Waals surface area contributed by atoms with Crippen molar-refractivity contribution in [2.45, 2.75) is 37.9 Å². The number of benzene rings is 1. The van der Waals surface area contributed by atoms with Gasteiger partial charge in [0.2, 0.25) is 5.91 Å². The van der Waals surface area contributed by atoms with Crippen LogP contribution in [0, 0.1) is 11.3 Å². The van der Waals surface area contributed by atoms with Crippen LogP contribution in [0.25, 0.3) is 0 Å².